The quantitative estimate of drug-likeness (QED) is 0.663. The fraction of sp³-hybridized carbons (Fsp3) is 0.0625. The molecular formula is C16H10F3NO. The Labute approximate surface area is 118 Å². The fourth-order valence-corrected chi connectivity index (χ4v) is 2.30. The van der Waals surface area contributed by atoms with Gasteiger partial charge in [0.15, 0.2) is 0 Å². The monoisotopic (exact) mass is 289 g/mol. The molecule has 1 aromatic heterocycles. The Hall–Kier alpha value is -2.56. The number of hydrogen-bond acceptors (Lipinski definition) is 1. The minimum absolute atomic E-state index is 0.166. The third kappa shape index (κ3) is 2.31. The van der Waals surface area contributed by atoms with Gasteiger partial charge in [0, 0.05) is 11.6 Å². The molecule has 5 heteroatoms. The number of alkyl halides is 3. The zero-order valence-electron chi connectivity index (χ0n) is 10.8. The van der Waals surface area contributed by atoms with Gasteiger partial charge in [-0.25, -0.2) is 0 Å². The normalized spacial score (nSPS) is 11.8. The number of benzene rings is 2. The maximum absolute atomic E-state index is 13.1. The van der Waals surface area contributed by atoms with Crippen LogP contribution in [0.15, 0.2) is 65.6 Å². The Kier molecular flexibility index (Phi) is 3.05. The molecule has 106 valence electrons. The van der Waals surface area contributed by atoms with Crippen LogP contribution >= 0.6 is 0 Å². The van der Waals surface area contributed by atoms with Crippen molar-refractivity contribution in [2.45, 2.75) is 6.18 Å². The van der Waals surface area contributed by atoms with Gasteiger partial charge < -0.3 is 0 Å². The molecule has 0 aliphatic heterocycles. The van der Waals surface area contributed by atoms with Crippen molar-refractivity contribution in [2.75, 3.05) is 0 Å². The number of para-hydroxylation sites is 1. The first-order chi connectivity index (χ1) is 9.98. The lowest BCUT2D eigenvalue weighted by molar-refractivity contribution is -0.137. The van der Waals surface area contributed by atoms with Crippen LogP contribution < -0.4 is 5.56 Å². The molecule has 3 aromatic rings. The highest BCUT2D eigenvalue weighted by molar-refractivity contribution is 5.81. The third-order valence-corrected chi connectivity index (χ3v) is 3.28. The van der Waals surface area contributed by atoms with Crippen molar-refractivity contribution >= 4 is 10.8 Å². The standard InChI is InChI=1S/C16H10F3NO/c17-16(18,19)13-7-3-4-8-14(13)20-10-9-11-5-1-2-6-12(11)15(20)21/h1-10H. The summed E-state index contributed by atoms with van der Waals surface area (Å²) in [7, 11) is 0. The second-order valence-corrected chi connectivity index (χ2v) is 4.59. The second-order valence-electron chi connectivity index (χ2n) is 4.59. The van der Waals surface area contributed by atoms with Crippen LogP contribution in [0, 0.1) is 0 Å². The number of halogens is 3. The Morgan fingerprint density at radius 3 is 2.29 bits per heavy atom. The molecule has 0 saturated carbocycles. The van der Waals surface area contributed by atoms with Crippen molar-refractivity contribution in [2.24, 2.45) is 0 Å². The van der Waals surface area contributed by atoms with Crippen molar-refractivity contribution in [1.82, 2.24) is 4.57 Å². The number of nitrogens with zero attached hydrogens (tertiary/aromatic N) is 1. The topological polar surface area (TPSA) is 22.0 Å². The van der Waals surface area contributed by atoms with Crippen LogP contribution in [-0.4, -0.2) is 4.57 Å². The fourth-order valence-electron chi connectivity index (χ4n) is 2.30. The van der Waals surface area contributed by atoms with Gasteiger partial charge in [0.25, 0.3) is 5.56 Å². The van der Waals surface area contributed by atoms with Crippen molar-refractivity contribution < 1.29 is 13.2 Å². The molecule has 0 fully saturated rings. The van der Waals surface area contributed by atoms with E-state index in [4.69, 9.17) is 0 Å². The van der Waals surface area contributed by atoms with Crippen molar-refractivity contribution in [3.05, 3.63) is 76.7 Å². The smallest absolute Gasteiger partial charge is 0.283 e. The first-order valence-electron chi connectivity index (χ1n) is 6.25. The first kappa shape index (κ1) is 13.4. The van der Waals surface area contributed by atoms with Crippen LogP contribution in [0.3, 0.4) is 0 Å². The lowest BCUT2D eigenvalue weighted by atomic mass is 10.1. The largest absolute Gasteiger partial charge is 0.418 e. The zero-order chi connectivity index (χ0) is 15.0. The highest BCUT2D eigenvalue weighted by Gasteiger charge is 2.33. The molecule has 2 nitrogen and oxygen atoms in total. The number of pyridine rings is 1. The Morgan fingerprint density at radius 2 is 1.52 bits per heavy atom. The molecule has 0 saturated heterocycles. The van der Waals surface area contributed by atoms with Gasteiger partial charge in [-0.1, -0.05) is 30.3 Å². The molecule has 0 aliphatic rings. The molecule has 0 aliphatic carbocycles. The summed E-state index contributed by atoms with van der Waals surface area (Å²) in [4.78, 5) is 12.4. The van der Waals surface area contributed by atoms with E-state index in [1.165, 1.54) is 24.4 Å². The van der Waals surface area contributed by atoms with Crippen LogP contribution in [0.25, 0.3) is 16.5 Å². The van der Waals surface area contributed by atoms with Crippen LogP contribution in [0.2, 0.25) is 0 Å². The lowest BCUT2D eigenvalue weighted by Gasteiger charge is -2.14. The predicted molar refractivity (Wildman–Crippen MR) is 74.5 cm³/mol. The molecule has 21 heavy (non-hydrogen) atoms. The summed E-state index contributed by atoms with van der Waals surface area (Å²) in [6.07, 6.45) is -3.14. The first-order valence-corrected chi connectivity index (χ1v) is 6.25. The van der Waals surface area contributed by atoms with E-state index in [1.54, 1.807) is 30.3 Å². The summed E-state index contributed by atoms with van der Waals surface area (Å²) < 4.78 is 40.2. The van der Waals surface area contributed by atoms with Crippen LogP contribution in [0.5, 0.6) is 0 Å². The average Bonchev–Trinajstić information content (AvgIpc) is 2.47. The number of fused-ring (bicyclic) bond motifs is 1. The molecule has 0 radical (unpaired) electrons. The molecule has 0 spiro atoms. The maximum Gasteiger partial charge on any atom is 0.418 e. The van der Waals surface area contributed by atoms with Gasteiger partial charge in [-0.15, -0.1) is 0 Å². The van der Waals surface area contributed by atoms with Gasteiger partial charge in [-0.3, -0.25) is 9.36 Å². The predicted octanol–water partition coefficient (Wildman–Crippen LogP) is 4.01. The maximum atomic E-state index is 13.1. The van der Waals surface area contributed by atoms with Gasteiger partial charge in [-0.2, -0.15) is 13.2 Å². The molecule has 3 rings (SSSR count). The Bertz CT molecular complexity index is 865. The second kappa shape index (κ2) is 4.77. The summed E-state index contributed by atoms with van der Waals surface area (Å²) >= 11 is 0. The van der Waals surface area contributed by atoms with Gasteiger partial charge in [-0.05, 0) is 29.7 Å². The number of aromatic nitrogens is 1. The van der Waals surface area contributed by atoms with E-state index in [-0.39, 0.29) is 5.69 Å². The van der Waals surface area contributed by atoms with E-state index in [0.717, 1.165) is 10.6 Å². The SMILES string of the molecule is O=c1c2ccccc2ccn1-c1ccccc1C(F)(F)F. The molecule has 0 atom stereocenters. The molecule has 0 bridgehead atoms. The van der Waals surface area contributed by atoms with E-state index < -0.39 is 17.3 Å². The lowest BCUT2D eigenvalue weighted by Crippen LogP contribution is -2.21. The minimum atomic E-state index is -4.51. The Balaban J connectivity index is 2.32. The van der Waals surface area contributed by atoms with Gasteiger partial charge >= 0.3 is 6.18 Å². The summed E-state index contributed by atoms with van der Waals surface area (Å²) in [5.74, 6) is 0. The van der Waals surface area contributed by atoms with E-state index in [1.807, 2.05) is 0 Å². The summed E-state index contributed by atoms with van der Waals surface area (Å²) in [6.45, 7) is 0. The highest BCUT2D eigenvalue weighted by atomic mass is 19.4. The van der Waals surface area contributed by atoms with Gasteiger partial charge in [0.05, 0.1) is 11.3 Å². The van der Waals surface area contributed by atoms with E-state index >= 15 is 0 Å². The molecule has 1 heterocycles. The van der Waals surface area contributed by atoms with Crippen molar-refractivity contribution in [1.29, 1.82) is 0 Å². The molecule has 2 aromatic carbocycles. The zero-order valence-corrected chi connectivity index (χ0v) is 10.8. The molecular weight excluding hydrogens is 279 g/mol. The summed E-state index contributed by atoms with van der Waals surface area (Å²) in [6, 6.07) is 13.5. The van der Waals surface area contributed by atoms with Crippen LogP contribution in [-0.2, 0) is 6.18 Å². The van der Waals surface area contributed by atoms with Gasteiger partial charge in [0.2, 0.25) is 0 Å². The third-order valence-electron chi connectivity index (χ3n) is 3.28. The Morgan fingerprint density at radius 1 is 0.857 bits per heavy atom. The molecule has 0 N–H and O–H groups in total. The van der Waals surface area contributed by atoms with Crippen molar-refractivity contribution in [3.63, 3.8) is 0 Å². The average molecular weight is 289 g/mol. The van der Waals surface area contributed by atoms with Crippen molar-refractivity contribution in [3.8, 4) is 5.69 Å². The molecule has 0 unspecified atom stereocenters. The molecule has 0 amide bonds. The van der Waals surface area contributed by atoms with E-state index in [0.29, 0.717) is 10.8 Å². The highest BCUT2D eigenvalue weighted by Crippen LogP contribution is 2.33. The summed E-state index contributed by atoms with van der Waals surface area (Å²) in [5.41, 5.74) is -1.46. The van der Waals surface area contributed by atoms with Gasteiger partial charge in [0.1, 0.15) is 0 Å². The van der Waals surface area contributed by atoms with Crippen LogP contribution in [0.4, 0.5) is 13.2 Å². The summed E-state index contributed by atoms with van der Waals surface area (Å²) in [5, 5.41) is 1.08. The minimum Gasteiger partial charge on any atom is -0.283 e. The van der Waals surface area contributed by atoms with Crippen LogP contribution in [0.1, 0.15) is 5.56 Å². The number of hydrogen-bond donors (Lipinski definition) is 0. The van der Waals surface area contributed by atoms with E-state index in [2.05, 4.69) is 0 Å². The van der Waals surface area contributed by atoms with E-state index in [9.17, 15) is 18.0 Å². The number of rotatable bonds is 1.